The molecule has 1 aliphatic rings. The summed E-state index contributed by atoms with van der Waals surface area (Å²) in [4.78, 5) is 0. The normalized spacial score (nSPS) is 18.2. The lowest BCUT2D eigenvalue weighted by molar-refractivity contribution is -0.0895. The lowest BCUT2D eigenvalue weighted by Gasteiger charge is -2.23. The van der Waals surface area contributed by atoms with E-state index in [1.165, 1.54) is 25.7 Å². The Morgan fingerprint density at radius 1 is 0.812 bits per heavy atom. The highest BCUT2D eigenvalue weighted by molar-refractivity contribution is 4.68. The van der Waals surface area contributed by atoms with Crippen LogP contribution in [-0.2, 0) is 9.47 Å². The molecule has 0 aromatic carbocycles. The van der Waals surface area contributed by atoms with E-state index in [2.05, 4.69) is 27.7 Å². The summed E-state index contributed by atoms with van der Waals surface area (Å²) in [5.41, 5.74) is 0. The first kappa shape index (κ1) is 14.0. The summed E-state index contributed by atoms with van der Waals surface area (Å²) in [5.74, 6) is 2.17. The van der Waals surface area contributed by atoms with Crippen LogP contribution in [-0.4, -0.2) is 19.5 Å². The zero-order chi connectivity index (χ0) is 12.0. The zero-order valence-electron chi connectivity index (χ0n) is 11.4. The largest absolute Gasteiger partial charge is 0.350 e. The van der Waals surface area contributed by atoms with Crippen molar-refractivity contribution >= 4 is 0 Å². The van der Waals surface area contributed by atoms with E-state index in [-0.39, 0.29) is 6.29 Å². The second-order valence-electron chi connectivity index (χ2n) is 5.81. The van der Waals surface area contributed by atoms with Crippen LogP contribution in [0.5, 0.6) is 0 Å². The molecule has 2 nitrogen and oxygen atoms in total. The van der Waals surface area contributed by atoms with Gasteiger partial charge in [0.05, 0.1) is 13.2 Å². The van der Waals surface area contributed by atoms with Gasteiger partial charge < -0.3 is 9.47 Å². The molecule has 0 aromatic heterocycles. The molecule has 96 valence electrons. The third kappa shape index (κ3) is 5.31. The molecule has 1 rings (SSSR count). The van der Waals surface area contributed by atoms with E-state index < -0.39 is 0 Å². The Bertz CT molecular complexity index is 160. The Kier molecular flexibility index (Phi) is 6.37. The van der Waals surface area contributed by atoms with Gasteiger partial charge in [-0.25, -0.2) is 0 Å². The molecule has 1 saturated heterocycles. The van der Waals surface area contributed by atoms with E-state index in [9.17, 15) is 0 Å². The minimum Gasteiger partial charge on any atom is -0.350 e. The van der Waals surface area contributed by atoms with Crippen molar-refractivity contribution < 1.29 is 9.47 Å². The van der Waals surface area contributed by atoms with Gasteiger partial charge in [-0.05, 0) is 24.7 Å². The first-order valence-corrected chi connectivity index (χ1v) is 6.82. The predicted octanol–water partition coefficient (Wildman–Crippen LogP) is 3.85. The number of rotatable bonds is 7. The fourth-order valence-electron chi connectivity index (χ4n) is 2.16. The lowest BCUT2D eigenvalue weighted by atomic mass is 9.91. The lowest BCUT2D eigenvalue weighted by Crippen LogP contribution is -2.22. The molecular weight excluding hydrogens is 200 g/mol. The Labute approximate surface area is 101 Å². The van der Waals surface area contributed by atoms with Crippen LogP contribution in [0.1, 0.15) is 53.4 Å². The van der Waals surface area contributed by atoms with E-state index >= 15 is 0 Å². The Hall–Kier alpha value is -0.0800. The highest BCUT2D eigenvalue weighted by atomic mass is 16.7. The third-order valence-corrected chi connectivity index (χ3v) is 3.26. The third-order valence-electron chi connectivity index (χ3n) is 3.26. The highest BCUT2D eigenvalue weighted by Crippen LogP contribution is 2.27. The van der Waals surface area contributed by atoms with Gasteiger partial charge in [-0.15, -0.1) is 0 Å². The average molecular weight is 228 g/mol. The summed E-state index contributed by atoms with van der Waals surface area (Å²) in [5, 5.41) is 0. The molecule has 0 amide bonds. The van der Waals surface area contributed by atoms with Crippen LogP contribution in [0.25, 0.3) is 0 Å². The fourth-order valence-corrected chi connectivity index (χ4v) is 2.16. The van der Waals surface area contributed by atoms with Crippen molar-refractivity contribution in [3.63, 3.8) is 0 Å². The van der Waals surface area contributed by atoms with E-state index in [1.807, 2.05) is 0 Å². The maximum atomic E-state index is 5.66. The standard InChI is InChI=1S/C14H28O2/c1-11(2)5-7-13(8-6-12(3)4)14-15-9-10-16-14/h11-14H,5-10H2,1-4H3. The van der Waals surface area contributed by atoms with Gasteiger partial charge in [-0.1, -0.05) is 40.5 Å². The molecule has 0 aromatic rings. The number of hydrogen-bond acceptors (Lipinski definition) is 2. The van der Waals surface area contributed by atoms with Crippen LogP contribution in [0, 0.1) is 17.8 Å². The molecule has 0 spiro atoms. The fraction of sp³-hybridized carbons (Fsp3) is 1.00. The molecule has 0 radical (unpaired) electrons. The average Bonchev–Trinajstić information content (AvgIpc) is 2.70. The summed E-state index contributed by atoms with van der Waals surface area (Å²) in [7, 11) is 0. The van der Waals surface area contributed by atoms with Gasteiger partial charge >= 0.3 is 0 Å². The van der Waals surface area contributed by atoms with Crippen molar-refractivity contribution in [2.24, 2.45) is 17.8 Å². The summed E-state index contributed by atoms with van der Waals surface area (Å²) in [6, 6.07) is 0. The van der Waals surface area contributed by atoms with E-state index in [0.29, 0.717) is 5.92 Å². The summed E-state index contributed by atoms with van der Waals surface area (Å²) in [6.45, 7) is 10.7. The van der Waals surface area contributed by atoms with Gasteiger partial charge in [0.15, 0.2) is 6.29 Å². The van der Waals surface area contributed by atoms with Crippen molar-refractivity contribution in [3.8, 4) is 0 Å². The molecule has 0 unspecified atom stereocenters. The smallest absolute Gasteiger partial charge is 0.160 e. The van der Waals surface area contributed by atoms with Gasteiger partial charge in [-0.2, -0.15) is 0 Å². The minimum absolute atomic E-state index is 0.0810. The number of ether oxygens (including phenoxy) is 2. The molecule has 0 saturated carbocycles. The molecule has 2 heteroatoms. The van der Waals surface area contributed by atoms with Crippen LogP contribution in [0.4, 0.5) is 0 Å². The second kappa shape index (κ2) is 7.29. The van der Waals surface area contributed by atoms with E-state index in [4.69, 9.17) is 9.47 Å². The van der Waals surface area contributed by atoms with E-state index in [0.717, 1.165) is 25.0 Å². The van der Waals surface area contributed by atoms with Crippen LogP contribution >= 0.6 is 0 Å². The quantitative estimate of drug-likeness (QED) is 0.659. The van der Waals surface area contributed by atoms with E-state index in [1.54, 1.807) is 0 Å². The van der Waals surface area contributed by atoms with Gasteiger partial charge in [-0.3, -0.25) is 0 Å². The summed E-state index contributed by atoms with van der Waals surface area (Å²) < 4.78 is 11.3. The topological polar surface area (TPSA) is 18.5 Å². The molecule has 1 heterocycles. The van der Waals surface area contributed by atoms with Crippen molar-refractivity contribution in [2.75, 3.05) is 13.2 Å². The molecule has 1 aliphatic heterocycles. The van der Waals surface area contributed by atoms with Gasteiger partial charge in [0.1, 0.15) is 0 Å². The minimum atomic E-state index is 0.0810. The van der Waals surface area contributed by atoms with Crippen molar-refractivity contribution in [2.45, 2.75) is 59.7 Å². The van der Waals surface area contributed by atoms with Crippen LogP contribution < -0.4 is 0 Å². The number of hydrogen-bond donors (Lipinski definition) is 0. The molecule has 0 atom stereocenters. The van der Waals surface area contributed by atoms with Gasteiger partial charge in [0.2, 0.25) is 0 Å². The van der Waals surface area contributed by atoms with Gasteiger partial charge in [0.25, 0.3) is 0 Å². The molecule has 0 N–H and O–H groups in total. The Morgan fingerprint density at radius 3 is 1.62 bits per heavy atom. The van der Waals surface area contributed by atoms with Crippen molar-refractivity contribution in [1.82, 2.24) is 0 Å². The molecule has 0 aliphatic carbocycles. The SMILES string of the molecule is CC(C)CCC(CCC(C)C)C1OCCO1. The molecule has 16 heavy (non-hydrogen) atoms. The predicted molar refractivity (Wildman–Crippen MR) is 67.3 cm³/mol. The summed E-state index contributed by atoms with van der Waals surface area (Å²) in [6.07, 6.45) is 5.14. The molecular formula is C14H28O2. The Morgan fingerprint density at radius 2 is 1.25 bits per heavy atom. The first-order valence-electron chi connectivity index (χ1n) is 6.82. The van der Waals surface area contributed by atoms with Crippen LogP contribution in [0.2, 0.25) is 0 Å². The second-order valence-corrected chi connectivity index (χ2v) is 5.81. The maximum absolute atomic E-state index is 5.66. The van der Waals surface area contributed by atoms with Crippen molar-refractivity contribution in [3.05, 3.63) is 0 Å². The zero-order valence-corrected chi connectivity index (χ0v) is 11.4. The van der Waals surface area contributed by atoms with Crippen molar-refractivity contribution in [1.29, 1.82) is 0 Å². The monoisotopic (exact) mass is 228 g/mol. The first-order chi connectivity index (χ1) is 7.59. The highest BCUT2D eigenvalue weighted by Gasteiger charge is 2.26. The molecule has 1 fully saturated rings. The van der Waals surface area contributed by atoms with Gasteiger partial charge in [0, 0.05) is 5.92 Å². The summed E-state index contributed by atoms with van der Waals surface area (Å²) >= 11 is 0. The van der Waals surface area contributed by atoms with Crippen LogP contribution in [0.15, 0.2) is 0 Å². The van der Waals surface area contributed by atoms with Crippen LogP contribution in [0.3, 0.4) is 0 Å². The Balaban J connectivity index is 2.34. The molecule has 0 bridgehead atoms. The maximum Gasteiger partial charge on any atom is 0.160 e.